The van der Waals surface area contributed by atoms with Crippen molar-refractivity contribution in [2.24, 2.45) is 5.73 Å². The second-order valence-corrected chi connectivity index (χ2v) is 5.28. The summed E-state index contributed by atoms with van der Waals surface area (Å²) < 4.78 is 25.9. The highest BCUT2D eigenvalue weighted by Crippen LogP contribution is 2.16. The lowest BCUT2D eigenvalue weighted by Crippen LogP contribution is -2.41. The number of thioether (sulfide) groups is 1. The van der Waals surface area contributed by atoms with Gasteiger partial charge < -0.3 is 11.1 Å². The Bertz CT molecular complexity index is 443. The quantitative estimate of drug-likeness (QED) is 0.844. The largest absolute Gasteiger partial charge is 0.348 e. The van der Waals surface area contributed by atoms with Crippen molar-refractivity contribution < 1.29 is 13.6 Å². The summed E-state index contributed by atoms with van der Waals surface area (Å²) in [4.78, 5) is 11.8. The number of halogens is 2. The third kappa shape index (κ3) is 4.80. The number of hydrogen-bond acceptors (Lipinski definition) is 3. The molecule has 0 aliphatic carbocycles. The van der Waals surface area contributed by atoms with Crippen molar-refractivity contribution in [2.45, 2.75) is 25.4 Å². The molecule has 0 radical (unpaired) electrons. The number of hydrogen-bond donors (Lipinski definition) is 2. The van der Waals surface area contributed by atoms with E-state index in [0.717, 1.165) is 17.9 Å². The van der Waals surface area contributed by atoms with E-state index in [1.54, 1.807) is 18.7 Å². The first-order valence-corrected chi connectivity index (χ1v) is 7.35. The molecule has 0 bridgehead atoms. The maximum absolute atomic E-state index is 13.1. The summed E-state index contributed by atoms with van der Waals surface area (Å²) >= 11 is 1.61. The van der Waals surface area contributed by atoms with Crippen molar-refractivity contribution in [1.82, 2.24) is 5.32 Å². The minimum absolute atomic E-state index is 0.286. The minimum atomic E-state index is -0.926. The first kappa shape index (κ1) is 15.9. The Morgan fingerprint density at radius 3 is 2.68 bits per heavy atom. The van der Waals surface area contributed by atoms with E-state index in [9.17, 15) is 13.6 Å². The third-order valence-electron chi connectivity index (χ3n) is 2.77. The van der Waals surface area contributed by atoms with Gasteiger partial charge in [0.1, 0.15) is 0 Å². The van der Waals surface area contributed by atoms with Gasteiger partial charge in [0.2, 0.25) is 5.91 Å². The predicted molar refractivity (Wildman–Crippen MR) is 73.9 cm³/mol. The average molecular weight is 288 g/mol. The SMILES string of the molecule is CSCC[C@@H](N)C(=O)NC(C)c1ccc(F)c(F)c1. The van der Waals surface area contributed by atoms with Crippen LogP contribution in [0.5, 0.6) is 0 Å². The normalized spacial score (nSPS) is 13.9. The van der Waals surface area contributed by atoms with Gasteiger partial charge in [-0.3, -0.25) is 4.79 Å². The summed E-state index contributed by atoms with van der Waals surface area (Å²) in [6.45, 7) is 1.70. The van der Waals surface area contributed by atoms with Crippen molar-refractivity contribution in [3.8, 4) is 0 Å². The van der Waals surface area contributed by atoms with Crippen LogP contribution in [0.2, 0.25) is 0 Å². The van der Waals surface area contributed by atoms with Gasteiger partial charge in [-0.15, -0.1) is 0 Å². The van der Waals surface area contributed by atoms with Crippen molar-refractivity contribution in [3.05, 3.63) is 35.4 Å². The number of nitrogens with one attached hydrogen (secondary N) is 1. The smallest absolute Gasteiger partial charge is 0.237 e. The van der Waals surface area contributed by atoms with E-state index in [-0.39, 0.29) is 5.91 Å². The van der Waals surface area contributed by atoms with Crippen LogP contribution in [0.15, 0.2) is 18.2 Å². The predicted octanol–water partition coefficient (Wildman–Crippen LogP) is 2.22. The van der Waals surface area contributed by atoms with Gasteiger partial charge in [-0.05, 0) is 43.0 Å². The van der Waals surface area contributed by atoms with Gasteiger partial charge in [0.05, 0.1) is 12.1 Å². The number of nitrogens with two attached hydrogens (primary N) is 1. The Morgan fingerprint density at radius 2 is 2.11 bits per heavy atom. The molecule has 1 aromatic carbocycles. The first-order chi connectivity index (χ1) is 8.95. The van der Waals surface area contributed by atoms with Crippen LogP contribution in [0.25, 0.3) is 0 Å². The zero-order valence-corrected chi connectivity index (χ0v) is 11.8. The molecule has 0 aromatic heterocycles. The number of amides is 1. The van der Waals surface area contributed by atoms with Gasteiger partial charge in [0, 0.05) is 0 Å². The molecule has 1 aromatic rings. The molecule has 0 aliphatic heterocycles. The van der Waals surface area contributed by atoms with E-state index in [0.29, 0.717) is 12.0 Å². The molecule has 3 N–H and O–H groups in total. The fourth-order valence-corrected chi connectivity index (χ4v) is 2.05. The zero-order valence-electron chi connectivity index (χ0n) is 11.0. The summed E-state index contributed by atoms with van der Waals surface area (Å²) in [6, 6.07) is 2.56. The zero-order chi connectivity index (χ0) is 14.4. The molecule has 1 amide bonds. The second-order valence-electron chi connectivity index (χ2n) is 4.29. The lowest BCUT2D eigenvalue weighted by atomic mass is 10.1. The van der Waals surface area contributed by atoms with Crippen LogP contribution in [-0.2, 0) is 4.79 Å². The average Bonchev–Trinajstić information content (AvgIpc) is 2.38. The highest BCUT2D eigenvalue weighted by Gasteiger charge is 2.17. The van der Waals surface area contributed by atoms with Crippen LogP contribution in [0, 0.1) is 11.6 Å². The summed E-state index contributed by atoms with van der Waals surface area (Å²) in [5.74, 6) is -1.32. The van der Waals surface area contributed by atoms with Crippen LogP contribution in [0.4, 0.5) is 8.78 Å². The molecule has 106 valence electrons. The summed E-state index contributed by atoms with van der Waals surface area (Å²) in [5, 5.41) is 2.69. The van der Waals surface area contributed by atoms with Gasteiger partial charge in [-0.2, -0.15) is 11.8 Å². The number of rotatable bonds is 6. The Labute approximate surface area is 115 Å². The number of benzene rings is 1. The van der Waals surface area contributed by atoms with Gasteiger partial charge >= 0.3 is 0 Å². The van der Waals surface area contributed by atoms with Gasteiger partial charge in [0.25, 0.3) is 0 Å². The first-order valence-electron chi connectivity index (χ1n) is 5.95. The Hall–Kier alpha value is -1.14. The van der Waals surface area contributed by atoms with E-state index >= 15 is 0 Å². The highest BCUT2D eigenvalue weighted by molar-refractivity contribution is 7.98. The Balaban J connectivity index is 2.60. The van der Waals surface area contributed by atoms with E-state index in [2.05, 4.69) is 5.32 Å². The Kier molecular flexibility index (Phi) is 6.24. The Morgan fingerprint density at radius 1 is 1.42 bits per heavy atom. The minimum Gasteiger partial charge on any atom is -0.348 e. The van der Waals surface area contributed by atoms with Gasteiger partial charge in [-0.25, -0.2) is 8.78 Å². The highest BCUT2D eigenvalue weighted by atomic mass is 32.2. The second kappa shape index (κ2) is 7.45. The molecule has 0 aliphatic rings. The van der Waals surface area contributed by atoms with Crippen molar-refractivity contribution in [3.63, 3.8) is 0 Å². The lowest BCUT2D eigenvalue weighted by molar-refractivity contribution is -0.123. The van der Waals surface area contributed by atoms with Gasteiger partial charge in [-0.1, -0.05) is 6.07 Å². The monoisotopic (exact) mass is 288 g/mol. The fraction of sp³-hybridized carbons (Fsp3) is 0.462. The molecule has 0 saturated heterocycles. The van der Waals surface area contributed by atoms with Crippen LogP contribution >= 0.6 is 11.8 Å². The molecule has 0 fully saturated rings. The fourth-order valence-electron chi connectivity index (χ4n) is 1.56. The molecule has 1 rings (SSSR count). The van der Waals surface area contributed by atoms with Crippen LogP contribution < -0.4 is 11.1 Å². The van der Waals surface area contributed by atoms with E-state index in [4.69, 9.17) is 5.73 Å². The van der Waals surface area contributed by atoms with Crippen LogP contribution in [-0.4, -0.2) is 24.0 Å². The topological polar surface area (TPSA) is 55.1 Å². The van der Waals surface area contributed by atoms with Crippen molar-refractivity contribution in [2.75, 3.05) is 12.0 Å². The molecular formula is C13H18F2N2OS. The van der Waals surface area contributed by atoms with Crippen molar-refractivity contribution in [1.29, 1.82) is 0 Å². The van der Waals surface area contributed by atoms with E-state index in [1.807, 2.05) is 6.26 Å². The van der Waals surface area contributed by atoms with Crippen LogP contribution in [0.3, 0.4) is 0 Å². The molecule has 19 heavy (non-hydrogen) atoms. The maximum Gasteiger partial charge on any atom is 0.237 e. The summed E-state index contributed by atoms with van der Waals surface area (Å²) in [5.41, 5.74) is 6.23. The molecule has 0 heterocycles. The molecule has 2 atom stereocenters. The standard InChI is InChI=1S/C13H18F2N2OS/c1-8(9-3-4-10(14)11(15)7-9)17-13(18)12(16)5-6-19-2/h3-4,7-8,12H,5-6,16H2,1-2H3,(H,17,18)/t8?,12-/m1/s1. The van der Waals surface area contributed by atoms with Crippen LogP contribution in [0.1, 0.15) is 24.9 Å². The summed E-state index contributed by atoms with van der Waals surface area (Å²) in [7, 11) is 0. The molecule has 3 nitrogen and oxygen atoms in total. The molecule has 0 saturated carbocycles. The molecular weight excluding hydrogens is 270 g/mol. The molecule has 1 unspecified atom stereocenters. The molecule has 6 heteroatoms. The lowest BCUT2D eigenvalue weighted by Gasteiger charge is -2.17. The number of carbonyl (C=O) groups excluding carboxylic acids is 1. The number of carbonyl (C=O) groups is 1. The summed E-state index contributed by atoms with van der Waals surface area (Å²) in [6.07, 6.45) is 2.52. The maximum atomic E-state index is 13.1. The van der Waals surface area contributed by atoms with Crippen molar-refractivity contribution >= 4 is 17.7 Å². The third-order valence-corrected chi connectivity index (χ3v) is 3.42. The van der Waals surface area contributed by atoms with Gasteiger partial charge in [0.15, 0.2) is 11.6 Å². The van der Waals surface area contributed by atoms with E-state index in [1.165, 1.54) is 6.07 Å². The van der Waals surface area contributed by atoms with E-state index < -0.39 is 23.7 Å². The molecule has 0 spiro atoms.